The number of aromatic hydroxyl groups is 1. The Hall–Kier alpha value is -3.39. The van der Waals surface area contributed by atoms with Crippen molar-refractivity contribution >= 4 is 17.3 Å². The standard InChI is InChI=1S/C13H17NO4.C7H9NO2.C2H6/c1-3-13(15)18-12(8-16-2)9-17-11-6-4-10(14)5-7-11;1-10-7-4-5(9)2-3-6(7)8;1-2/h3-7,12H,1,8-9,14H2,2H3;2-4,9H,8H2,1H3;1-2H3. The molecule has 0 heterocycles. The number of methoxy groups -OCH3 is 2. The molecule has 1 atom stereocenters. The van der Waals surface area contributed by atoms with Crippen molar-refractivity contribution in [2.75, 3.05) is 38.9 Å². The van der Waals surface area contributed by atoms with E-state index in [1.165, 1.54) is 26.4 Å². The van der Waals surface area contributed by atoms with Gasteiger partial charge in [-0.15, -0.1) is 0 Å². The molecule has 0 bridgehead atoms. The molecule has 2 aromatic rings. The Labute approximate surface area is 178 Å². The summed E-state index contributed by atoms with van der Waals surface area (Å²) < 4.78 is 20.3. The van der Waals surface area contributed by atoms with E-state index in [0.717, 1.165) is 6.08 Å². The van der Waals surface area contributed by atoms with E-state index in [-0.39, 0.29) is 19.0 Å². The first kappa shape index (κ1) is 26.6. The molecule has 0 saturated heterocycles. The molecular formula is C22H32N2O6. The van der Waals surface area contributed by atoms with Crippen molar-refractivity contribution in [1.29, 1.82) is 0 Å². The maximum atomic E-state index is 11.1. The quantitative estimate of drug-likeness (QED) is 0.257. The molecule has 2 rings (SSSR count). The van der Waals surface area contributed by atoms with Crippen LogP contribution >= 0.6 is 0 Å². The van der Waals surface area contributed by atoms with Gasteiger partial charge < -0.3 is 35.5 Å². The summed E-state index contributed by atoms with van der Waals surface area (Å²) in [6.07, 6.45) is 0.629. The second kappa shape index (κ2) is 15.5. The van der Waals surface area contributed by atoms with Crippen LogP contribution in [0.15, 0.2) is 55.1 Å². The number of carbonyl (C=O) groups excluding carboxylic acids is 1. The number of benzene rings is 2. The van der Waals surface area contributed by atoms with Gasteiger partial charge in [-0.1, -0.05) is 20.4 Å². The van der Waals surface area contributed by atoms with E-state index >= 15 is 0 Å². The lowest BCUT2D eigenvalue weighted by Gasteiger charge is -2.16. The van der Waals surface area contributed by atoms with E-state index in [2.05, 4.69) is 6.58 Å². The Morgan fingerprint density at radius 2 is 1.73 bits per heavy atom. The lowest BCUT2D eigenvalue weighted by atomic mass is 10.3. The minimum atomic E-state index is -0.502. The maximum Gasteiger partial charge on any atom is 0.330 e. The highest BCUT2D eigenvalue weighted by molar-refractivity contribution is 5.81. The number of hydrogen-bond donors (Lipinski definition) is 3. The Morgan fingerprint density at radius 3 is 2.23 bits per heavy atom. The smallest absolute Gasteiger partial charge is 0.330 e. The lowest BCUT2D eigenvalue weighted by molar-refractivity contribution is -0.147. The highest BCUT2D eigenvalue weighted by Crippen LogP contribution is 2.25. The third kappa shape index (κ3) is 10.8. The zero-order valence-corrected chi connectivity index (χ0v) is 18.0. The van der Waals surface area contributed by atoms with Crippen LogP contribution < -0.4 is 20.9 Å². The third-order valence-electron chi connectivity index (χ3n) is 3.34. The van der Waals surface area contributed by atoms with E-state index in [1.807, 2.05) is 13.8 Å². The second-order valence-corrected chi connectivity index (χ2v) is 5.52. The molecule has 8 nitrogen and oxygen atoms in total. The monoisotopic (exact) mass is 420 g/mol. The topological polar surface area (TPSA) is 126 Å². The summed E-state index contributed by atoms with van der Waals surface area (Å²) in [5.74, 6) is 0.809. The van der Waals surface area contributed by atoms with E-state index in [0.29, 0.717) is 22.9 Å². The fraction of sp³-hybridized carbons (Fsp3) is 0.318. The number of esters is 1. The molecule has 0 aromatic heterocycles. The molecule has 5 N–H and O–H groups in total. The first-order valence-corrected chi connectivity index (χ1v) is 9.32. The van der Waals surface area contributed by atoms with E-state index < -0.39 is 12.1 Å². The fourth-order valence-electron chi connectivity index (χ4n) is 1.97. The SMILES string of the molecule is C=CC(=O)OC(COC)COc1ccc(N)cc1.CC.COc1cc(O)ccc1N. The van der Waals surface area contributed by atoms with Crippen LogP contribution in [0.4, 0.5) is 11.4 Å². The fourth-order valence-corrected chi connectivity index (χ4v) is 1.97. The molecule has 0 saturated carbocycles. The van der Waals surface area contributed by atoms with Gasteiger partial charge in [0, 0.05) is 24.9 Å². The molecule has 0 fully saturated rings. The summed E-state index contributed by atoms with van der Waals surface area (Å²) in [6.45, 7) is 7.80. The van der Waals surface area contributed by atoms with E-state index in [9.17, 15) is 4.79 Å². The van der Waals surface area contributed by atoms with Crippen LogP contribution in [-0.4, -0.2) is 44.6 Å². The van der Waals surface area contributed by atoms with Gasteiger partial charge in [0.25, 0.3) is 0 Å². The molecule has 0 amide bonds. The van der Waals surface area contributed by atoms with Crippen molar-refractivity contribution in [2.45, 2.75) is 20.0 Å². The van der Waals surface area contributed by atoms with Crippen molar-refractivity contribution < 1.29 is 28.8 Å². The second-order valence-electron chi connectivity index (χ2n) is 5.52. The minimum Gasteiger partial charge on any atom is -0.508 e. The molecule has 0 aliphatic carbocycles. The highest BCUT2D eigenvalue weighted by atomic mass is 16.6. The number of anilines is 2. The minimum absolute atomic E-state index is 0.158. The molecule has 166 valence electrons. The first-order chi connectivity index (χ1) is 14.4. The van der Waals surface area contributed by atoms with Crippen LogP contribution in [0.5, 0.6) is 17.2 Å². The van der Waals surface area contributed by atoms with Crippen LogP contribution in [0.25, 0.3) is 0 Å². The average Bonchev–Trinajstić information content (AvgIpc) is 2.76. The van der Waals surface area contributed by atoms with Gasteiger partial charge in [-0.05, 0) is 36.4 Å². The zero-order chi connectivity index (χ0) is 22.9. The summed E-state index contributed by atoms with van der Waals surface area (Å²) in [5.41, 5.74) is 12.2. The van der Waals surface area contributed by atoms with Gasteiger partial charge in [-0.25, -0.2) is 4.79 Å². The van der Waals surface area contributed by atoms with Gasteiger partial charge in [0.15, 0.2) is 6.10 Å². The Balaban J connectivity index is 0.000000590. The van der Waals surface area contributed by atoms with Crippen LogP contribution in [0.1, 0.15) is 13.8 Å². The predicted octanol–water partition coefficient (Wildman–Crippen LogP) is 3.40. The van der Waals surface area contributed by atoms with Crippen molar-refractivity contribution in [1.82, 2.24) is 0 Å². The molecule has 1 unspecified atom stereocenters. The van der Waals surface area contributed by atoms with Gasteiger partial charge in [0.05, 0.1) is 19.4 Å². The molecule has 0 aliphatic heterocycles. The Bertz CT molecular complexity index is 750. The number of phenolic OH excluding ortho intramolecular Hbond substituents is 1. The number of phenols is 1. The Kier molecular flexibility index (Phi) is 13.8. The van der Waals surface area contributed by atoms with Gasteiger partial charge >= 0.3 is 5.97 Å². The summed E-state index contributed by atoms with van der Waals surface area (Å²) in [7, 11) is 3.03. The van der Waals surface area contributed by atoms with Crippen molar-refractivity contribution in [3.05, 3.63) is 55.1 Å². The van der Waals surface area contributed by atoms with E-state index in [4.69, 9.17) is 35.5 Å². The molecular weight excluding hydrogens is 388 g/mol. The molecule has 8 heteroatoms. The van der Waals surface area contributed by atoms with Crippen molar-refractivity contribution in [2.24, 2.45) is 0 Å². The van der Waals surface area contributed by atoms with Gasteiger partial charge in [0.2, 0.25) is 0 Å². The maximum absolute atomic E-state index is 11.1. The largest absolute Gasteiger partial charge is 0.508 e. The van der Waals surface area contributed by atoms with Crippen LogP contribution in [0.2, 0.25) is 0 Å². The predicted molar refractivity (Wildman–Crippen MR) is 119 cm³/mol. The highest BCUT2D eigenvalue weighted by Gasteiger charge is 2.13. The van der Waals surface area contributed by atoms with Gasteiger partial charge in [0.1, 0.15) is 23.9 Å². The van der Waals surface area contributed by atoms with Crippen LogP contribution in [0, 0.1) is 0 Å². The summed E-state index contributed by atoms with van der Waals surface area (Å²) in [5, 5.41) is 8.93. The number of hydrogen-bond acceptors (Lipinski definition) is 8. The van der Waals surface area contributed by atoms with Crippen LogP contribution in [0.3, 0.4) is 0 Å². The summed E-state index contributed by atoms with van der Waals surface area (Å²) in [4.78, 5) is 11.1. The normalized spacial score (nSPS) is 10.3. The molecule has 0 radical (unpaired) electrons. The summed E-state index contributed by atoms with van der Waals surface area (Å²) >= 11 is 0. The number of ether oxygens (including phenoxy) is 4. The van der Waals surface area contributed by atoms with Crippen molar-refractivity contribution in [3.8, 4) is 17.2 Å². The lowest BCUT2D eigenvalue weighted by Crippen LogP contribution is -2.28. The zero-order valence-electron chi connectivity index (χ0n) is 18.0. The first-order valence-electron chi connectivity index (χ1n) is 9.32. The van der Waals surface area contributed by atoms with Gasteiger partial charge in [-0.3, -0.25) is 0 Å². The average molecular weight is 421 g/mol. The van der Waals surface area contributed by atoms with Crippen molar-refractivity contribution in [3.63, 3.8) is 0 Å². The Morgan fingerprint density at radius 1 is 1.10 bits per heavy atom. The molecule has 0 aliphatic rings. The van der Waals surface area contributed by atoms with Gasteiger partial charge in [-0.2, -0.15) is 0 Å². The molecule has 2 aromatic carbocycles. The number of nitrogen functional groups attached to an aromatic ring is 2. The third-order valence-corrected chi connectivity index (χ3v) is 3.34. The number of nitrogens with two attached hydrogens (primary N) is 2. The molecule has 0 spiro atoms. The van der Waals surface area contributed by atoms with E-state index in [1.54, 1.807) is 30.3 Å². The number of rotatable bonds is 8. The number of carbonyl (C=O) groups is 1. The molecule has 30 heavy (non-hydrogen) atoms. The van der Waals surface area contributed by atoms with Crippen LogP contribution in [-0.2, 0) is 14.3 Å². The summed E-state index contributed by atoms with van der Waals surface area (Å²) in [6, 6.07) is 11.5.